The lowest BCUT2D eigenvalue weighted by Crippen LogP contribution is -2.39. The van der Waals surface area contributed by atoms with Gasteiger partial charge in [0.25, 0.3) is 5.91 Å². The second-order valence-corrected chi connectivity index (χ2v) is 11.3. The van der Waals surface area contributed by atoms with E-state index >= 15 is 0 Å². The van der Waals surface area contributed by atoms with E-state index in [1.807, 2.05) is 32.9 Å². The standard InChI is InChI=1S/C35H45FN4O6/c1-6-25(7-2)38-35(42)39-30-22-32(44-5)33(21-29(30)36)46-27-11-9-26(10-12-27)37-34(41)24-8-13-31(23(3)20-24)45-28-14-16-40(17-15-28)18-19-43-4/h8-13,20-22,25,28H,6-7,14-19H2,1-5H3,(H,37,41)(H2,38,39,42). The van der Waals surface area contributed by atoms with Gasteiger partial charge in [-0.3, -0.25) is 4.79 Å². The summed E-state index contributed by atoms with van der Waals surface area (Å²) in [4.78, 5) is 27.7. The van der Waals surface area contributed by atoms with E-state index in [-0.39, 0.29) is 35.2 Å². The zero-order valence-corrected chi connectivity index (χ0v) is 27.3. The lowest BCUT2D eigenvalue weighted by molar-refractivity contribution is 0.0793. The SMILES string of the molecule is CCC(CC)NC(=O)Nc1cc(OC)c(Oc2ccc(NC(=O)c3ccc(OC4CCN(CCOC)CC4)c(C)c3)cc2)cc1F. The van der Waals surface area contributed by atoms with Crippen molar-refractivity contribution in [2.24, 2.45) is 0 Å². The monoisotopic (exact) mass is 636 g/mol. The molecular weight excluding hydrogens is 591 g/mol. The summed E-state index contributed by atoms with van der Waals surface area (Å²) in [5.74, 6) is 0.645. The summed E-state index contributed by atoms with van der Waals surface area (Å²) in [7, 11) is 3.15. The Morgan fingerprint density at radius 1 is 0.935 bits per heavy atom. The number of benzene rings is 3. The number of nitrogens with zero attached hydrogens (tertiary/aromatic N) is 1. The molecule has 0 aliphatic carbocycles. The van der Waals surface area contributed by atoms with Gasteiger partial charge in [-0.25, -0.2) is 9.18 Å². The summed E-state index contributed by atoms with van der Waals surface area (Å²) in [6.07, 6.45) is 3.58. The van der Waals surface area contributed by atoms with Gasteiger partial charge in [-0.1, -0.05) is 13.8 Å². The van der Waals surface area contributed by atoms with Crippen LogP contribution in [0.15, 0.2) is 54.6 Å². The Hall–Kier alpha value is -4.35. The van der Waals surface area contributed by atoms with Gasteiger partial charge in [-0.05, 0) is 80.6 Å². The minimum Gasteiger partial charge on any atom is -0.493 e. The summed E-state index contributed by atoms with van der Waals surface area (Å²) in [5, 5.41) is 8.24. The zero-order valence-electron chi connectivity index (χ0n) is 27.3. The number of urea groups is 1. The highest BCUT2D eigenvalue weighted by Crippen LogP contribution is 2.36. The van der Waals surface area contributed by atoms with Gasteiger partial charge < -0.3 is 39.8 Å². The first-order valence-corrected chi connectivity index (χ1v) is 15.8. The third kappa shape index (κ3) is 9.58. The first kappa shape index (κ1) is 34.5. The predicted molar refractivity (Wildman–Crippen MR) is 177 cm³/mol. The van der Waals surface area contributed by atoms with Crippen molar-refractivity contribution in [2.75, 3.05) is 51.1 Å². The van der Waals surface area contributed by atoms with Gasteiger partial charge in [0.2, 0.25) is 0 Å². The summed E-state index contributed by atoms with van der Waals surface area (Å²) in [6.45, 7) is 9.50. The highest BCUT2D eigenvalue weighted by molar-refractivity contribution is 6.04. The Labute approximate surface area is 270 Å². The van der Waals surface area contributed by atoms with E-state index in [1.54, 1.807) is 37.4 Å². The lowest BCUT2D eigenvalue weighted by atomic mass is 10.1. The molecule has 0 bridgehead atoms. The minimum absolute atomic E-state index is 0.00471. The molecule has 1 aliphatic heterocycles. The van der Waals surface area contributed by atoms with Gasteiger partial charge in [0.05, 0.1) is 19.4 Å². The molecule has 3 N–H and O–H groups in total. The molecular formula is C35H45FN4O6. The number of carbonyl (C=O) groups is 2. The van der Waals surface area contributed by atoms with Crippen molar-refractivity contribution in [3.63, 3.8) is 0 Å². The molecule has 248 valence electrons. The maximum atomic E-state index is 14.9. The van der Waals surface area contributed by atoms with Crippen LogP contribution >= 0.6 is 0 Å². The molecule has 1 heterocycles. The smallest absolute Gasteiger partial charge is 0.319 e. The molecule has 1 fully saturated rings. The van der Waals surface area contributed by atoms with Crippen LogP contribution in [0.25, 0.3) is 0 Å². The van der Waals surface area contributed by atoms with Crippen LogP contribution in [0.5, 0.6) is 23.0 Å². The number of nitrogens with one attached hydrogen (secondary N) is 3. The first-order chi connectivity index (χ1) is 22.2. The number of hydrogen-bond donors (Lipinski definition) is 3. The number of anilines is 2. The van der Waals surface area contributed by atoms with Crippen molar-refractivity contribution >= 4 is 23.3 Å². The molecule has 46 heavy (non-hydrogen) atoms. The highest BCUT2D eigenvalue weighted by atomic mass is 19.1. The van der Waals surface area contributed by atoms with Crippen molar-refractivity contribution in [3.05, 3.63) is 71.5 Å². The summed E-state index contributed by atoms with van der Waals surface area (Å²) in [5.41, 5.74) is 1.95. The highest BCUT2D eigenvalue weighted by Gasteiger charge is 2.21. The maximum Gasteiger partial charge on any atom is 0.319 e. The molecule has 10 nitrogen and oxygen atoms in total. The van der Waals surface area contributed by atoms with Gasteiger partial charge >= 0.3 is 6.03 Å². The fraction of sp³-hybridized carbons (Fsp3) is 0.429. The van der Waals surface area contributed by atoms with E-state index < -0.39 is 11.8 Å². The number of ether oxygens (including phenoxy) is 4. The van der Waals surface area contributed by atoms with Gasteiger partial charge in [0.1, 0.15) is 17.6 Å². The molecule has 0 saturated carbocycles. The summed E-state index contributed by atoms with van der Waals surface area (Å²) >= 11 is 0. The van der Waals surface area contributed by atoms with Crippen molar-refractivity contribution in [1.29, 1.82) is 0 Å². The molecule has 0 spiro atoms. The number of hydrogen-bond acceptors (Lipinski definition) is 7. The van der Waals surface area contributed by atoms with Crippen molar-refractivity contribution in [3.8, 4) is 23.0 Å². The lowest BCUT2D eigenvalue weighted by Gasteiger charge is -2.32. The molecule has 3 amide bonds. The second-order valence-electron chi connectivity index (χ2n) is 11.3. The van der Waals surface area contributed by atoms with Crippen LogP contribution < -0.4 is 30.2 Å². The van der Waals surface area contributed by atoms with Crippen molar-refractivity contribution < 1.29 is 32.9 Å². The molecule has 3 aromatic carbocycles. The van der Waals surface area contributed by atoms with Crippen LogP contribution in [0.1, 0.15) is 55.5 Å². The Morgan fingerprint density at radius 2 is 1.65 bits per heavy atom. The second kappa shape index (κ2) is 16.8. The molecule has 1 aliphatic rings. The molecule has 0 atom stereocenters. The van der Waals surface area contributed by atoms with E-state index in [1.165, 1.54) is 13.2 Å². The fourth-order valence-electron chi connectivity index (χ4n) is 5.22. The normalized spacial score (nSPS) is 13.7. The number of amides is 3. The molecule has 0 radical (unpaired) electrons. The third-order valence-electron chi connectivity index (χ3n) is 8.04. The Bertz CT molecular complexity index is 1460. The molecule has 0 unspecified atom stereocenters. The Morgan fingerprint density at radius 3 is 2.28 bits per heavy atom. The zero-order chi connectivity index (χ0) is 33.1. The number of carbonyl (C=O) groups excluding carboxylic acids is 2. The molecule has 11 heteroatoms. The van der Waals surface area contributed by atoms with Crippen LogP contribution in [0.4, 0.5) is 20.6 Å². The average molecular weight is 637 g/mol. The molecule has 3 aromatic rings. The quantitative estimate of drug-likeness (QED) is 0.175. The van der Waals surface area contributed by atoms with E-state index in [2.05, 4.69) is 20.9 Å². The van der Waals surface area contributed by atoms with E-state index in [4.69, 9.17) is 18.9 Å². The largest absolute Gasteiger partial charge is 0.493 e. The summed E-state index contributed by atoms with van der Waals surface area (Å²) < 4.78 is 37.6. The van der Waals surface area contributed by atoms with Gasteiger partial charge in [0.15, 0.2) is 17.3 Å². The molecule has 1 saturated heterocycles. The van der Waals surface area contributed by atoms with E-state index in [9.17, 15) is 14.0 Å². The topological polar surface area (TPSA) is 110 Å². The summed E-state index contributed by atoms with van der Waals surface area (Å²) in [6, 6.07) is 14.2. The number of rotatable bonds is 14. The average Bonchev–Trinajstić information content (AvgIpc) is 3.06. The minimum atomic E-state index is -0.672. The van der Waals surface area contributed by atoms with Gasteiger partial charge in [-0.15, -0.1) is 0 Å². The predicted octanol–water partition coefficient (Wildman–Crippen LogP) is 6.99. The molecule has 0 aromatic heterocycles. The first-order valence-electron chi connectivity index (χ1n) is 15.8. The Kier molecular flexibility index (Phi) is 12.6. The number of piperidine rings is 1. The van der Waals surface area contributed by atoms with Crippen molar-refractivity contribution in [1.82, 2.24) is 10.2 Å². The fourth-order valence-corrected chi connectivity index (χ4v) is 5.22. The number of aryl methyl sites for hydroxylation is 1. The van der Waals surface area contributed by atoms with E-state index in [0.29, 0.717) is 17.0 Å². The number of likely N-dealkylation sites (tertiary alicyclic amines) is 1. The van der Waals surface area contributed by atoms with Crippen LogP contribution in [-0.2, 0) is 4.74 Å². The van der Waals surface area contributed by atoms with Gasteiger partial charge in [-0.2, -0.15) is 0 Å². The van der Waals surface area contributed by atoms with Crippen LogP contribution in [0.3, 0.4) is 0 Å². The van der Waals surface area contributed by atoms with Crippen LogP contribution in [0, 0.1) is 12.7 Å². The Balaban J connectivity index is 1.32. The number of methoxy groups -OCH3 is 2. The number of halogens is 1. The molecule has 4 rings (SSSR count). The van der Waals surface area contributed by atoms with Crippen LogP contribution in [-0.4, -0.2) is 69.4 Å². The third-order valence-corrected chi connectivity index (χ3v) is 8.04. The maximum absolute atomic E-state index is 14.9. The van der Waals surface area contributed by atoms with Gasteiger partial charge in [0, 0.05) is 56.2 Å². The van der Waals surface area contributed by atoms with E-state index in [0.717, 1.165) is 69.3 Å². The van der Waals surface area contributed by atoms with Crippen LogP contribution in [0.2, 0.25) is 0 Å². The van der Waals surface area contributed by atoms with Crippen molar-refractivity contribution in [2.45, 2.75) is 58.6 Å².